The number of nitrogens with zero attached hydrogens (tertiary/aromatic N) is 4. The van der Waals surface area contributed by atoms with E-state index in [0.29, 0.717) is 34.3 Å². The molecule has 0 saturated heterocycles. The maximum absolute atomic E-state index is 13.7. The second kappa shape index (κ2) is 17.3. The minimum atomic E-state index is -0.365. The topological polar surface area (TPSA) is 92.8 Å². The van der Waals surface area contributed by atoms with Crippen molar-refractivity contribution in [3.8, 4) is 11.5 Å². The van der Waals surface area contributed by atoms with E-state index >= 15 is 0 Å². The molecule has 0 fully saturated rings. The van der Waals surface area contributed by atoms with Crippen LogP contribution in [0.2, 0.25) is 0 Å². The largest absolute Gasteiger partial charge is 0.457 e. The third kappa shape index (κ3) is 10.7. The minimum absolute atomic E-state index is 0.0674. The van der Waals surface area contributed by atoms with Gasteiger partial charge in [0.1, 0.15) is 22.9 Å². The van der Waals surface area contributed by atoms with Gasteiger partial charge in [-0.1, -0.05) is 156 Å². The van der Waals surface area contributed by atoms with Crippen LogP contribution in [0.15, 0.2) is 187 Å². The van der Waals surface area contributed by atoms with Gasteiger partial charge in [-0.25, -0.2) is 0 Å². The molecule has 0 atom stereocenters. The van der Waals surface area contributed by atoms with Gasteiger partial charge in [-0.15, -0.1) is 10.2 Å². The lowest BCUT2D eigenvalue weighted by Crippen LogP contribution is -2.28. The molecule has 6 rings (SSSR count). The lowest BCUT2D eigenvalue weighted by atomic mass is 9.71. The number of ketones is 2. The number of carbonyl (C=O) groups excluding carboxylic acids is 2. The summed E-state index contributed by atoms with van der Waals surface area (Å²) in [6.45, 7) is 24.8. The lowest BCUT2D eigenvalue weighted by Gasteiger charge is -2.31. The molecule has 0 amide bonds. The van der Waals surface area contributed by atoms with Crippen molar-refractivity contribution in [2.24, 2.45) is 42.1 Å². The summed E-state index contributed by atoms with van der Waals surface area (Å²) in [6.07, 6.45) is 7.88. The molecule has 4 aromatic rings. The maximum atomic E-state index is 13.7. The molecule has 0 saturated carbocycles. The summed E-state index contributed by atoms with van der Waals surface area (Å²) in [7, 11) is 0. The number of hydrogen-bond acceptors (Lipinski definition) is 7. The van der Waals surface area contributed by atoms with Gasteiger partial charge in [0, 0.05) is 56.7 Å². The second-order valence-electron chi connectivity index (χ2n) is 19.7. The Kier molecular flexibility index (Phi) is 12.6. The molecule has 7 heteroatoms. The molecule has 0 aromatic heterocycles. The Morgan fingerprint density at radius 1 is 0.410 bits per heavy atom. The predicted octanol–water partition coefficient (Wildman–Crippen LogP) is 15.5. The van der Waals surface area contributed by atoms with Crippen LogP contribution in [-0.2, 0) is 9.59 Å². The third-order valence-electron chi connectivity index (χ3n) is 10.5. The van der Waals surface area contributed by atoms with Crippen LogP contribution >= 0.6 is 0 Å². The lowest BCUT2D eigenvalue weighted by molar-refractivity contribution is -0.114. The Labute approximate surface area is 362 Å². The van der Waals surface area contributed by atoms with Gasteiger partial charge in [-0.05, 0) is 70.2 Å². The number of benzene rings is 4. The van der Waals surface area contributed by atoms with E-state index in [2.05, 4.69) is 83.1 Å². The smallest absolute Gasteiger partial charge is 0.186 e. The summed E-state index contributed by atoms with van der Waals surface area (Å²) in [6, 6.07) is 34.8. The van der Waals surface area contributed by atoms with Crippen LogP contribution in [-0.4, -0.2) is 11.6 Å². The van der Waals surface area contributed by atoms with Crippen LogP contribution in [0, 0.1) is 21.7 Å². The molecule has 4 aromatic carbocycles. The summed E-state index contributed by atoms with van der Waals surface area (Å²) in [4.78, 5) is 27.5. The Hall–Kier alpha value is -6.34. The zero-order valence-corrected chi connectivity index (χ0v) is 37.7. The van der Waals surface area contributed by atoms with Crippen LogP contribution in [0.1, 0.15) is 94.2 Å². The van der Waals surface area contributed by atoms with E-state index in [0.717, 1.165) is 44.6 Å². The molecule has 0 aliphatic heterocycles. The van der Waals surface area contributed by atoms with Crippen molar-refractivity contribution in [3.63, 3.8) is 0 Å². The number of rotatable bonds is 8. The fourth-order valence-corrected chi connectivity index (χ4v) is 7.09. The van der Waals surface area contributed by atoms with Crippen LogP contribution in [0.4, 0.5) is 11.4 Å². The number of ether oxygens (including phenoxy) is 1. The summed E-state index contributed by atoms with van der Waals surface area (Å²) < 4.78 is 6.36. The van der Waals surface area contributed by atoms with Crippen LogP contribution in [0.3, 0.4) is 0 Å². The van der Waals surface area contributed by atoms with Crippen molar-refractivity contribution in [1.82, 2.24) is 0 Å². The fraction of sp³-hybridized carbons (Fsp3) is 0.296. The summed E-state index contributed by atoms with van der Waals surface area (Å²) in [5, 5.41) is 19.1. The number of hydrogen-bond donors (Lipinski definition) is 0. The molecule has 0 heterocycles. The van der Waals surface area contributed by atoms with E-state index in [9.17, 15) is 9.59 Å². The fourth-order valence-electron chi connectivity index (χ4n) is 7.09. The molecule has 0 radical (unpaired) electrons. The van der Waals surface area contributed by atoms with Gasteiger partial charge in [0.15, 0.2) is 11.6 Å². The molecule has 7 nitrogen and oxygen atoms in total. The van der Waals surface area contributed by atoms with E-state index in [4.69, 9.17) is 25.2 Å². The molecule has 2 aliphatic carbocycles. The van der Waals surface area contributed by atoms with Crippen LogP contribution in [0.5, 0.6) is 11.5 Å². The van der Waals surface area contributed by atoms with E-state index < -0.39 is 0 Å². The van der Waals surface area contributed by atoms with Gasteiger partial charge in [0.25, 0.3) is 0 Å². The average Bonchev–Trinajstić information content (AvgIpc) is 3.18. The van der Waals surface area contributed by atoms with Crippen molar-refractivity contribution in [3.05, 3.63) is 178 Å². The van der Waals surface area contributed by atoms with Crippen LogP contribution < -0.4 is 4.74 Å². The van der Waals surface area contributed by atoms with Gasteiger partial charge >= 0.3 is 0 Å². The highest BCUT2D eigenvalue weighted by atomic mass is 16.5. The predicted molar refractivity (Wildman–Crippen MR) is 249 cm³/mol. The van der Waals surface area contributed by atoms with Gasteiger partial charge < -0.3 is 4.74 Å². The monoisotopic (exact) mass is 810 g/mol. The molecule has 312 valence electrons. The van der Waals surface area contributed by atoms with Gasteiger partial charge in [-0.3, -0.25) is 9.59 Å². The maximum Gasteiger partial charge on any atom is 0.186 e. The summed E-state index contributed by atoms with van der Waals surface area (Å²) in [5.41, 5.74) is 7.50. The van der Waals surface area contributed by atoms with Gasteiger partial charge in [0.05, 0.1) is 11.4 Å². The van der Waals surface area contributed by atoms with E-state index in [1.165, 1.54) is 0 Å². The summed E-state index contributed by atoms with van der Waals surface area (Å²) in [5.74, 6) is 1.29. The average molecular weight is 811 g/mol. The highest BCUT2D eigenvalue weighted by Crippen LogP contribution is 2.43. The van der Waals surface area contributed by atoms with Crippen molar-refractivity contribution < 1.29 is 14.3 Å². The number of carbonyl (C=O) groups is 2. The first-order valence-electron chi connectivity index (χ1n) is 20.9. The minimum Gasteiger partial charge on any atom is -0.457 e. The standard InChI is InChI=1S/C54H58N4O3/c1-51(2,3)43-29-37(30-44(49(43)59)52(4,5)6)47(35-21-15-13-16-22-35)57-55-39-25-19-27-41(33-39)61-42-28-20-26-40(34-42)56-58-48(36-23-17-14-18-24-36)38-31-45(53(7,8)9)50(60)46(32-38)54(10,11)12/h13-34H,1-12H3. The Morgan fingerprint density at radius 2 is 0.721 bits per heavy atom. The quantitative estimate of drug-likeness (QED) is 0.166. The molecule has 0 unspecified atom stereocenters. The SMILES string of the molecule is CC(C)(C)C1=CC(=C(N=Nc2cccc(Oc3cccc(N=NC(=C4C=C(C(C)(C)C)C(=O)C(C(C)(C)C)=C4)c4ccccc4)c3)c2)c2ccccc2)C=C(C(C)(C)C)C1=O. The van der Waals surface area contributed by atoms with Gasteiger partial charge in [-0.2, -0.15) is 10.2 Å². The van der Waals surface area contributed by atoms with Gasteiger partial charge in [0.2, 0.25) is 0 Å². The molecule has 0 bridgehead atoms. The Morgan fingerprint density at radius 3 is 1.02 bits per heavy atom. The molecule has 0 N–H and O–H groups in total. The Balaban J connectivity index is 1.34. The third-order valence-corrected chi connectivity index (χ3v) is 10.5. The first kappa shape index (κ1) is 44.2. The normalized spacial score (nSPS) is 15.5. The van der Waals surface area contributed by atoms with E-state index in [-0.39, 0.29) is 33.2 Å². The summed E-state index contributed by atoms with van der Waals surface area (Å²) >= 11 is 0. The van der Waals surface area contributed by atoms with Crippen LogP contribution in [0.25, 0.3) is 11.4 Å². The molecule has 61 heavy (non-hydrogen) atoms. The molecular formula is C54H58N4O3. The Bertz CT molecular complexity index is 2330. The van der Waals surface area contributed by atoms with E-state index in [1.807, 2.05) is 133 Å². The van der Waals surface area contributed by atoms with Crippen molar-refractivity contribution >= 4 is 34.3 Å². The zero-order valence-electron chi connectivity index (χ0n) is 37.7. The number of Topliss-reactive ketones (excluding diaryl/α,β-unsaturated/α-hetero) is 2. The van der Waals surface area contributed by atoms with E-state index in [1.54, 1.807) is 0 Å². The molecular weight excluding hydrogens is 753 g/mol. The first-order valence-corrected chi connectivity index (χ1v) is 20.9. The zero-order chi connectivity index (χ0) is 44.3. The highest BCUT2D eigenvalue weighted by Gasteiger charge is 2.36. The van der Waals surface area contributed by atoms with Crippen molar-refractivity contribution in [2.75, 3.05) is 0 Å². The first-order chi connectivity index (χ1) is 28.6. The second-order valence-corrected chi connectivity index (χ2v) is 19.7. The van der Waals surface area contributed by atoms with Crippen molar-refractivity contribution in [2.45, 2.75) is 83.1 Å². The number of azo groups is 2. The molecule has 2 aliphatic rings. The number of allylic oxidation sites excluding steroid dienone is 10. The van der Waals surface area contributed by atoms with Crippen molar-refractivity contribution in [1.29, 1.82) is 0 Å². The highest BCUT2D eigenvalue weighted by molar-refractivity contribution is 6.13. The molecule has 0 spiro atoms.